The lowest BCUT2D eigenvalue weighted by atomic mass is 10.2. The van der Waals surface area contributed by atoms with Gasteiger partial charge in [-0.1, -0.05) is 0 Å². The third-order valence-corrected chi connectivity index (χ3v) is 4.18. The zero-order valence-corrected chi connectivity index (χ0v) is 14.6. The molecular weight excluding hydrogens is 349 g/mol. The maximum Gasteiger partial charge on any atom is 0.435 e. The minimum atomic E-state index is -4.58. The minimum Gasteiger partial charge on any atom is -0.296 e. The Labute approximate surface area is 147 Å². The quantitative estimate of drug-likeness (QED) is 0.757. The molecule has 0 aliphatic carbocycles. The molecule has 0 aliphatic rings. The molecule has 2 aromatic heterocycles. The lowest BCUT2D eigenvalue weighted by Crippen LogP contribution is -2.36. The maximum absolute atomic E-state index is 12.8. The van der Waals surface area contributed by atoms with Crippen LogP contribution in [0.3, 0.4) is 0 Å². The topological polar surface area (TPSA) is 68.0 Å². The van der Waals surface area contributed by atoms with Gasteiger partial charge in [-0.3, -0.25) is 9.58 Å². The maximum atomic E-state index is 12.8. The van der Waals surface area contributed by atoms with E-state index in [4.69, 9.17) is 0 Å². The molecule has 0 radical (unpaired) electrons. The van der Waals surface area contributed by atoms with E-state index in [1.54, 1.807) is 16.8 Å². The van der Waals surface area contributed by atoms with Crippen LogP contribution in [0, 0.1) is 13.8 Å². The molecule has 0 saturated heterocycles. The number of nitrogens with one attached hydrogen (secondary N) is 1. The van der Waals surface area contributed by atoms with Gasteiger partial charge < -0.3 is 0 Å². The van der Waals surface area contributed by atoms with Crippen LogP contribution in [0.1, 0.15) is 17.0 Å². The SMILES string of the molecule is Cc1cn(NC(=O)N(C)c2ccc3c(C)n(C)nc3c2)nc1C(F)(F)F. The molecule has 0 bridgehead atoms. The number of hydrogen-bond donors (Lipinski definition) is 1. The van der Waals surface area contributed by atoms with Crippen LogP contribution in [-0.2, 0) is 13.2 Å². The van der Waals surface area contributed by atoms with Gasteiger partial charge in [-0.15, -0.1) is 5.10 Å². The van der Waals surface area contributed by atoms with E-state index >= 15 is 0 Å². The summed E-state index contributed by atoms with van der Waals surface area (Å²) in [6.07, 6.45) is -3.46. The first kappa shape index (κ1) is 17.8. The number of amides is 2. The van der Waals surface area contributed by atoms with Crippen molar-refractivity contribution >= 4 is 22.6 Å². The van der Waals surface area contributed by atoms with Gasteiger partial charge in [0.1, 0.15) is 0 Å². The second-order valence-corrected chi connectivity index (χ2v) is 5.99. The van der Waals surface area contributed by atoms with Crippen LogP contribution in [0.5, 0.6) is 0 Å². The van der Waals surface area contributed by atoms with Gasteiger partial charge in [-0.2, -0.15) is 23.1 Å². The first-order chi connectivity index (χ1) is 12.1. The number of alkyl halides is 3. The summed E-state index contributed by atoms with van der Waals surface area (Å²) < 4.78 is 40.1. The van der Waals surface area contributed by atoms with E-state index in [2.05, 4.69) is 15.6 Å². The number of nitrogens with zero attached hydrogens (tertiary/aromatic N) is 5. The number of benzene rings is 1. The Morgan fingerprint density at radius 3 is 2.54 bits per heavy atom. The highest BCUT2D eigenvalue weighted by Crippen LogP contribution is 2.30. The van der Waals surface area contributed by atoms with E-state index in [0.29, 0.717) is 5.69 Å². The third kappa shape index (κ3) is 3.09. The zero-order valence-electron chi connectivity index (χ0n) is 14.6. The van der Waals surface area contributed by atoms with E-state index in [-0.39, 0.29) is 5.56 Å². The Bertz CT molecular complexity index is 988. The Kier molecular flexibility index (Phi) is 4.13. The highest BCUT2D eigenvalue weighted by molar-refractivity contribution is 5.98. The predicted octanol–water partition coefficient (Wildman–Crippen LogP) is 3.21. The van der Waals surface area contributed by atoms with Crippen LogP contribution in [0.15, 0.2) is 24.4 Å². The molecule has 2 heterocycles. The molecule has 138 valence electrons. The Morgan fingerprint density at radius 1 is 1.23 bits per heavy atom. The van der Waals surface area contributed by atoms with Crippen molar-refractivity contribution in [2.45, 2.75) is 20.0 Å². The van der Waals surface area contributed by atoms with Crippen molar-refractivity contribution in [3.63, 3.8) is 0 Å². The monoisotopic (exact) mass is 366 g/mol. The fourth-order valence-corrected chi connectivity index (χ4v) is 2.62. The van der Waals surface area contributed by atoms with Crippen molar-refractivity contribution in [1.82, 2.24) is 19.7 Å². The highest BCUT2D eigenvalue weighted by Gasteiger charge is 2.36. The molecule has 26 heavy (non-hydrogen) atoms. The first-order valence-electron chi connectivity index (χ1n) is 7.69. The fraction of sp³-hybridized carbons (Fsp3) is 0.312. The summed E-state index contributed by atoms with van der Waals surface area (Å²) in [5.74, 6) is 0. The molecule has 0 unspecified atom stereocenters. The smallest absolute Gasteiger partial charge is 0.296 e. The number of aromatic nitrogens is 4. The number of carbonyl (C=O) groups is 1. The highest BCUT2D eigenvalue weighted by atomic mass is 19.4. The predicted molar refractivity (Wildman–Crippen MR) is 90.6 cm³/mol. The lowest BCUT2D eigenvalue weighted by molar-refractivity contribution is -0.141. The van der Waals surface area contributed by atoms with Crippen molar-refractivity contribution < 1.29 is 18.0 Å². The molecule has 0 aliphatic heterocycles. The van der Waals surface area contributed by atoms with Crippen molar-refractivity contribution in [1.29, 1.82) is 0 Å². The number of carbonyl (C=O) groups excluding carboxylic acids is 1. The number of hydrogen-bond acceptors (Lipinski definition) is 3. The van der Waals surface area contributed by atoms with Gasteiger partial charge in [0.25, 0.3) is 0 Å². The van der Waals surface area contributed by atoms with Gasteiger partial charge in [-0.05, 0) is 32.0 Å². The van der Waals surface area contributed by atoms with Gasteiger partial charge in [0, 0.05) is 36.4 Å². The minimum absolute atomic E-state index is 0.0779. The van der Waals surface area contributed by atoms with Crippen LogP contribution >= 0.6 is 0 Å². The van der Waals surface area contributed by atoms with Crippen molar-refractivity contribution in [2.24, 2.45) is 7.05 Å². The Morgan fingerprint density at radius 2 is 1.92 bits per heavy atom. The molecule has 2 amide bonds. The molecule has 0 fully saturated rings. The number of rotatable bonds is 2. The summed E-state index contributed by atoms with van der Waals surface area (Å²) in [5.41, 5.74) is 3.45. The van der Waals surface area contributed by atoms with E-state index in [1.165, 1.54) is 18.9 Å². The molecule has 3 aromatic rings. The second-order valence-electron chi connectivity index (χ2n) is 5.99. The fourth-order valence-electron chi connectivity index (χ4n) is 2.62. The summed E-state index contributed by atoms with van der Waals surface area (Å²) in [6, 6.07) is 4.69. The van der Waals surface area contributed by atoms with E-state index < -0.39 is 17.9 Å². The molecule has 10 heteroatoms. The van der Waals surface area contributed by atoms with Gasteiger partial charge in [0.15, 0.2) is 5.69 Å². The second kappa shape index (κ2) is 6.04. The van der Waals surface area contributed by atoms with Gasteiger partial charge in [0.05, 0.1) is 11.7 Å². The van der Waals surface area contributed by atoms with Crippen LogP contribution in [0.2, 0.25) is 0 Å². The van der Waals surface area contributed by atoms with Crippen LogP contribution in [0.4, 0.5) is 23.7 Å². The third-order valence-electron chi connectivity index (χ3n) is 4.18. The molecule has 0 atom stereocenters. The average Bonchev–Trinajstić information content (AvgIpc) is 3.06. The molecule has 3 rings (SSSR count). The van der Waals surface area contributed by atoms with Gasteiger partial charge in [-0.25, -0.2) is 10.2 Å². The van der Waals surface area contributed by atoms with Gasteiger partial charge >= 0.3 is 12.2 Å². The largest absolute Gasteiger partial charge is 0.435 e. The lowest BCUT2D eigenvalue weighted by Gasteiger charge is -2.18. The van der Waals surface area contributed by atoms with Crippen LogP contribution in [-0.4, -0.2) is 32.7 Å². The average molecular weight is 366 g/mol. The number of urea groups is 1. The summed E-state index contributed by atoms with van der Waals surface area (Å²) >= 11 is 0. The van der Waals surface area contributed by atoms with E-state index in [0.717, 1.165) is 27.6 Å². The molecular formula is C16H17F3N6O. The summed E-state index contributed by atoms with van der Waals surface area (Å²) in [7, 11) is 3.33. The van der Waals surface area contributed by atoms with Crippen LogP contribution < -0.4 is 10.3 Å². The Balaban J connectivity index is 1.82. The standard InChI is InChI=1S/C16H17F3N6O/c1-9-8-25(21-14(9)16(17,18)19)22-15(26)23(3)11-5-6-12-10(2)24(4)20-13(12)7-11/h5-8H,1-4H3,(H,22,26). The summed E-state index contributed by atoms with van der Waals surface area (Å²) in [5, 5.41) is 8.70. The molecule has 1 N–H and O–H groups in total. The van der Waals surface area contributed by atoms with Crippen molar-refractivity contribution in [3.05, 3.63) is 41.3 Å². The van der Waals surface area contributed by atoms with E-state index in [1.807, 2.05) is 20.0 Å². The summed E-state index contributed by atoms with van der Waals surface area (Å²) in [4.78, 5) is 14.4. The van der Waals surface area contributed by atoms with Crippen molar-refractivity contribution in [2.75, 3.05) is 17.4 Å². The number of anilines is 1. The summed E-state index contributed by atoms with van der Waals surface area (Å²) in [6.45, 7) is 3.21. The normalized spacial score (nSPS) is 11.8. The molecule has 7 nitrogen and oxygen atoms in total. The first-order valence-corrected chi connectivity index (χ1v) is 7.69. The van der Waals surface area contributed by atoms with Gasteiger partial charge in [0.2, 0.25) is 0 Å². The number of aryl methyl sites for hydroxylation is 3. The van der Waals surface area contributed by atoms with Crippen molar-refractivity contribution in [3.8, 4) is 0 Å². The number of fused-ring (bicyclic) bond motifs is 1. The van der Waals surface area contributed by atoms with E-state index in [9.17, 15) is 18.0 Å². The van der Waals surface area contributed by atoms with Crippen LogP contribution in [0.25, 0.3) is 10.9 Å². The molecule has 0 saturated carbocycles. The molecule has 1 aromatic carbocycles. The Hall–Kier alpha value is -3.04. The zero-order chi connectivity index (χ0) is 19.2. The molecule has 0 spiro atoms. The number of halogens is 3.